The van der Waals surface area contributed by atoms with E-state index in [0.717, 1.165) is 44.1 Å². The minimum atomic E-state index is 0.0266. The quantitative estimate of drug-likeness (QED) is 0.701. The maximum Gasteiger partial charge on any atom is 0.209 e. The summed E-state index contributed by atoms with van der Waals surface area (Å²) in [4.78, 5) is 2.63. The highest BCUT2D eigenvalue weighted by atomic mass is 16.6. The zero-order valence-electron chi connectivity index (χ0n) is 12.9. The van der Waals surface area contributed by atoms with Crippen LogP contribution in [0.4, 0.5) is 0 Å². The van der Waals surface area contributed by atoms with E-state index in [4.69, 9.17) is 9.47 Å². The van der Waals surface area contributed by atoms with Crippen molar-refractivity contribution >= 4 is 0 Å². The molecule has 118 valence electrons. The molecule has 5 heterocycles. The van der Waals surface area contributed by atoms with Crippen LogP contribution in [-0.2, 0) is 9.47 Å². The molecule has 2 unspecified atom stereocenters. The van der Waals surface area contributed by atoms with Crippen LogP contribution in [0.15, 0.2) is 0 Å². The first kappa shape index (κ1) is 13.2. The van der Waals surface area contributed by atoms with Crippen molar-refractivity contribution in [1.82, 2.24) is 15.5 Å². The number of hydrogen-bond donors (Lipinski definition) is 2. The maximum atomic E-state index is 6.27. The molecule has 5 fully saturated rings. The van der Waals surface area contributed by atoms with Crippen molar-refractivity contribution in [3.8, 4) is 0 Å². The van der Waals surface area contributed by atoms with E-state index in [1.54, 1.807) is 0 Å². The van der Waals surface area contributed by atoms with Crippen molar-refractivity contribution in [2.75, 3.05) is 39.6 Å². The average molecular weight is 295 g/mol. The van der Waals surface area contributed by atoms with Crippen LogP contribution < -0.4 is 10.6 Å². The molecule has 0 spiro atoms. The Balaban J connectivity index is 1.63. The molecule has 0 aliphatic carbocycles. The monoisotopic (exact) mass is 295 g/mol. The topological polar surface area (TPSA) is 45.8 Å². The van der Waals surface area contributed by atoms with E-state index in [2.05, 4.69) is 22.5 Å². The third-order valence-electron chi connectivity index (χ3n) is 7.05. The summed E-state index contributed by atoms with van der Waals surface area (Å²) < 4.78 is 13.6. The molecule has 6 nitrogen and oxygen atoms in total. The van der Waals surface area contributed by atoms with Gasteiger partial charge in [0.15, 0.2) is 0 Å². The Morgan fingerprint density at radius 1 is 1.10 bits per heavy atom. The SMILES string of the molecule is CCC12CNC[N+]1(C13COC4CCCC(OC1)N43)CNC2. The van der Waals surface area contributed by atoms with Gasteiger partial charge in [-0.15, -0.1) is 0 Å². The maximum absolute atomic E-state index is 6.27. The second-order valence-electron chi connectivity index (χ2n) is 7.57. The molecule has 2 atom stereocenters. The van der Waals surface area contributed by atoms with Gasteiger partial charge in [-0.3, -0.25) is 15.1 Å². The highest BCUT2D eigenvalue weighted by Gasteiger charge is 2.75. The molecular formula is C15H27N4O2+. The molecular weight excluding hydrogens is 268 g/mol. The van der Waals surface area contributed by atoms with E-state index in [-0.39, 0.29) is 18.1 Å². The molecule has 0 aromatic rings. The summed E-state index contributed by atoms with van der Waals surface area (Å²) in [6.07, 6.45) is 5.35. The fourth-order valence-corrected chi connectivity index (χ4v) is 5.92. The molecule has 0 aromatic heterocycles. The molecule has 0 aromatic carbocycles. The molecule has 0 bridgehead atoms. The first-order chi connectivity index (χ1) is 10.3. The van der Waals surface area contributed by atoms with Crippen LogP contribution in [0.5, 0.6) is 0 Å². The van der Waals surface area contributed by atoms with Gasteiger partial charge < -0.3 is 9.47 Å². The molecule has 6 heteroatoms. The number of ether oxygens (including phenoxy) is 2. The average Bonchev–Trinajstić information content (AvgIpc) is 3.21. The summed E-state index contributed by atoms with van der Waals surface area (Å²) >= 11 is 0. The van der Waals surface area contributed by atoms with E-state index < -0.39 is 0 Å². The van der Waals surface area contributed by atoms with Crippen molar-refractivity contribution < 1.29 is 14.0 Å². The Morgan fingerprint density at radius 3 is 2.29 bits per heavy atom. The summed E-state index contributed by atoms with van der Waals surface area (Å²) in [5, 5.41) is 7.40. The Bertz CT molecular complexity index is 431. The van der Waals surface area contributed by atoms with Gasteiger partial charge in [0.05, 0.1) is 13.1 Å². The number of fused-ring (bicyclic) bond motifs is 2. The second kappa shape index (κ2) is 4.19. The van der Waals surface area contributed by atoms with Gasteiger partial charge in [0, 0.05) is 6.42 Å². The number of hydrogen-bond acceptors (Lipinski definition) is 5. The standard InChI is InChI=1S/C15H27N4O2/c1-2-14-6-16-10-19(14,11-17-7-14)15-8-20-12-4-3-5-13(18(12)15)21-9-15/h12-13,16-17H,2-11H2,1H3/q+1. The van der Waals surface area contributed by atoms with Crippen LogP contribution >= 0.6 is 0 Å². The largest absolute Gasteiger partial charge is 0.355 e. The van der Waals surface area contributed by atoms with Gasteiger partial charge in [0.2, 0.25) is 5.66 Å². The van der Waals surface area contributed by atoms with Gasteiger partial charge in [0.25, 0.3) is 0 Å². The summed E-state index contributed by atoms with van der Waals surface area (Å²) in [6.45, 7) is 8.33. The predicted octanol–water partition coefficient (Wildman–Crippen LogP) is -0.0318. The molecule has 2 N–H and O–H groups in total. The lowest BCUT2D eigenvalue weighted by molar-refractivity contribution is -1.00. The third kappa shape index (κ3) is 1.32. The molecule has 5 aliphatic rings. The molecule has 0 radical (unpaired) electrons. The highest BCUT2D eigenvalue weighted by molar-refractivity contribution is 5.05. The fourth-order valence-electron chi connectivity index (χ4n) is 5.92. The number of nitrogens with one attached hydrogen (secondary N) is 2. The lowest BCUT2D eigenvalue weighted by Gasteiger charge is -2.53. The summed E-state index contributed by atoms with van der Waals surface area (Å²) in [5.41, 5.74) is 0.326. The molecule has 5 saturated heterocycles. The van der Waals surface area contributed by atoms with E-state index >= 15 is 0 Å². The van der Waals surface area contributed by atoms with Gasteiger partial charge in [-0.1, -0.05) is 6.92 Å². The highest BCUT2D eigenvalue weighted by Crippen LogP contribution is 2.53. The number of quaternary nitrogens is 1. The minimum Gasteiger partial charge on any atom is -0.355 e. The molecule has 5 aliphatic heterocycles. The summed E-state index contributed by atoms with van der Waals surface area (Å²) in [7, 11) is 0. The summed E-state index contributed by atoms with van der Waals surface area (Å²) in [6, 6.07) is 0. The Morgan fingerprint density at radius 2 is 1.71 bits per heavy atom. The minimum absolute atomic E-state index is 0.0266. The van der Waals surface area contributed by atoms with Gasteiger partial charge >= 0.3 is 0 Å². The first-order valence-corrected chi connectivity index (χ1v) is 8.57. The molecule has 0 saturated carbocycles. The van der Waals surface area contributed by atoms with Crippen molar-refractivity contribution in [1.29, 1.82) is 0 Å². The van der Waals surface area contributed by atoms with Crippen LogP contribution in [0.3, 0.4) is 0 Å². The lowest BCUT2D eigenvalue weighted by atomic mass is 9.89. The third-order valence-corrected chi connectivity index (χ3v) is 7.05. The zero-order chi connectivity index (χ0) is 14.1. The Kier molecular flexibility index (Phi) is 2.64. The first-order valence-electron chi connectivity index (χ1n) is 8.57. The van der Waals surface area contributed by atoms with Gasteiger partial charge in [-0.05, 0) is 19.3 Å². The van der Waals surface area contributed by atoms with Gasteiger partial charge in [-0.2, -0.15) is 4.90 Å². The van der Waals surface area contributed by atoms with E-state index in [1.165, 1.54) is 25.7 Å². The zero-order valence-corrected chi connectivity index (χ0v) is 12.9. The van der Waals surface area contributed by atoms with Crippen LogP contribution in [0.25, 0.3) is 0 Å². The second-order valence-corrected chi connectivity index (χ2v) is 7.57. The van der Waals surface area contributed by atoms with Crippen molar-refractivity contribution in [3.05, 3.63) is 0 Å². The lowest BCUT2D eigenvalue weighted by Crippen LogP contribution is -2.76. The number of nitrogens with zero attached hydrogens (tertiary/aromatic N) is 2. The van der Waals surface area contributed by atoms with Crippen LogP contribution in [0, 0.1) is 0 Å². The van der Waals surface area contributed by atoms with E-state index in [1.807, 2.05) is 0 Å². The normalized spacial score (nSPS) is 55.9. The fraction of sp³-hybridized carbons (Fsp3) is 1.00. The summed E-state index contributed by atoms with van der Waals surface area (Å²) in [5.74, 6) is 0. The van der Waals surface area contributed by atoms with Crippen LogP contribution in [-0.4, -0.2) is 72.7 Å². The van der Waals surface area contributed by atoms with Crippen LogP contribution in [0.1, 0.15) is 32.6 Å². The van der Waals surface area contributed by atoms with Crippen molar-refractivity contribution in [2.24, 2.45) is 0 Å². The smallest absolute Gasteiger partial charge is 0.209 e. The van der Waals surface area contributed by atoms with E-state index in [0.29, 0.717) is 5.54 Å². The molecule has 0 amide bonds. The van der Waals surface area contributed by atoms with Crippen molar-refractivity contribution in [2.45, 2.75) is 56.3 Å². The number of rotatable bonds is 2. The van der Waals surface area contributed by atoms with Crippen molar-refractivity contribution in [3.63, 3.8) is 0 Å². The Hall–Kier alpha value is -0.240. The Labute approximate surface area is 126 Å². The van der Waals surface area contributed by atoms with Crippen LogP contribution in [0.2, 0.25) is 0 Å². The molecule has 21 heavy (non-hydrogen) atoms. The van der Waals surface area contributed by atoms with Gasteiger partial charge in [-0.25, -0.2) is 0 Å². The number of piperidine rings is 1. The van der Waals surface area contributed by atoms with Gasteiger partial charge in [0.1, 0.15) is 44.5 Å². The predicted molar refractivity (Wildman–Crippen MR) is 76.9 cm³/mol. The van der Waals surface area contributed by atoms with E-state index in [9.17, 15) is 0 Å². The molecule has 5 rings (SSSR count).